The number of aryl methyl sites for hydroxylation is 1. The van der Waals surface area contributed by atoms with Gasteiger partial charge in [-0.05, 0) is 38.3 Å². The van der Waals surface area contributed by atoms with E-state index in [1.807, 2.05) is 6.92 Å². The molecule has 3 N–H and O–H groups in total. The van der Waals surface area contributed by atoms with Crippen LogP contribution in [-0.2, 0) is 0 Å². The van der Waals surface area contributed by atoms with Gasteiger partial charge in [-0.25, -0.2) is 0 Å². The summed E-state index contributed by atoms with van der Waals surface area (Å²) >= 11 is 0. The first-order chi connectivity index (χ1) is 8.17. The third-order valence-electron chi connectivity index (χ3n) is 2.82. The number of carbonyl (C=O) groups excluding carboxylic acids is 1. The molecule has 0 saturated heterocycles. The molecule has 0 radical (unpaired) electrons. The SMILES string of the molecule is CCCC(CCN)CNC(=O)c1coc(C)c1. The minimum Gasteiger partial charge on any atom is -0.469 e. The van der Waals surface area contributed by atoms with Crippen molar-refractivity contribution in [1.82, 2.24) is 5.32 Å². The maximum Gasteiger partial charge on any atom is 0.254 e. The van der Waals surface area contributed by atoms with E-state index in [4.69, 9.17) is 10.2 Å². The van der Waals surface area contributed by atoms with Crippen LogP contribution in [0, 0.1) is 12.8 Å². The van der Waals surface area contributed by atoms with Gasteiger partial charge < -0.3 is 15.5 Å². The van der Waals surface area contributed by atoms with Gasteiger partial charge in [-0.1, -0.05) is 13.3 Å². The summed E-state index contributed by atoms with van der Waals surface area (Å²) in [5.74, 6) is 1.16. The predicted molar refractivity (Wildman–Crippen MR) is 67.8 cm³/mol. The summed E-state index contributed by atoms with van der Waals surface area (Å²) < 4.78 is 5.11. The number of rotatable bonds is 7. The molecule has 4 heteroatoms. The van der Waals surface area contributed by atoms with Crippen LogP contribution in [0.4, 0.5) is 0 Å². The lowest BCUT2D eigenvalue weighted by Crippen LogP contribution is -2.30. The number of hydrogen-bond acceptors (Lipinski definition) is 3. The van der Waals surface area contributed by atoms with Crippen molar-refractivity contribution in [1.29, 1.82) is 0 Å². The van der Waals surface area contributed by atoms with E-state index in [0.717, 1.165) is 25.0 Å². The normalized spacial score (nSPS) is 12.4. The summed E-state index contributed by atoms with van der Waals surface area (Å²) in [7, 11) is 0. The molecule has 1 rings (SSSR count). The van der Waals surface area contributed by atoms with E-state index < -0.39 is 0 Å². The Morgan fingerprint density at radius 3 is 2.82 bits per heavy atom. The Bertz CT molecular complexity index is 341. The topological polar surface area (TPSA) is 68.3 Å². The lowest BCUT2D eigenvalue weighted by molar-refractivity contribution is 0.0945. The van der Waals surface area contributed by atoms with Gasteiger partial charge in [0.05, 0.1) is 5.56 Å². The van der Waals surface area contributed by atoms with E-state index in [2.05, 4.69) is 12.2 Å². The number of hydrogen-bond donors (Lipinski definition) is 2. The summed E-state index contributed by atoms with van der Waals surface area (Å²) in [6.45, 7) is 5.33. The molecule has 1 heterocycles. The first kappa shape index (κ1) is 13.8. The molecule has 1 aromatic heterocycles. The van der Waals surface area contributed by atoms with E-state index in [-0.39, 0.29) is 5.91 Å². The fraction of sp³-hybridized carbons (Fsp3) is 0.615. The number of amides is 1. The standard InChI is InChI=1S/C13H22N2O2/c1-3-4-11(5-6-14)8-15-13(16)12-7-10(2)17-9-12/h7,9,11H,3-6,8,14H2,1-2H3,(H,15,16). The fourth-order valence-corrected chi connectivity index (χ4v) is 1.89. The van der Waals surface area contributed by atoms with Gasteiger partial charge in [-0.2, -0.15) is 0 Å². The Balaban J connectivity index is 2.40. The van der Waals surface area contributed by atoms with E-state index in [1.165, 1.54) is 6.26 Å². The lowest BCUT2D eigenvalue weighted by atomic mass is 10.00. The third-order valence-corrected chi connectivity index (χ3v) is 2.82. The largest absolute Gasteiger partial charge is 0.469 e. The van der Waals surface area contributed by atoms with Crippen LogP contribution in [0.2, 0.25) is 0 Å². The molecule has 0 saturated carbocycles. The van der Waals surface area contributed by atoms with Gasteiger partial charge in [0, 0.05) is 6.54 Å². The second kappa shape index (κ2) is 7.12. The van der Waals surface area contributed by atoms with Gasteiger partial charge >= 0.3 is 0 Å². The lowest BCUT2D eigenvalue weighted by Gasteiger charge is -2.15. The maximum absolute atomic E-state index is 11.8. The molecule has 1 atom stereocenters. The Labute approximate surface area is 103 Å². The molecule has 0 aliphatic carbocycles. The molecule has 1 amide bonds. The highest BCUT2D eigenvalue weighted by Crippen LogP contribution is 2.10. The Hall–Kier alpha value is -1.29. The monoisotopic (exact) mass is 238 g/mol. The van der Waals surface area contributed by atoms with Crippen molar-refractivity contribution >= 4 is 5.91 Å². The molecule has 0 aliphatic rings. The zero-order chi connectivity index (χ0) is 12.7. The molecule has 0 fully saturated rings. The van der Waals surface area contributed by atoms with Crippen LogP contribution in [0.5, 0.6) is 0 Å². The van der Waals surface area contributed by atoms with Crippen molar-refractivity contribution in [2.45, 2.75) is 33.1 Å². The molecule has 4 nitrogen and oxygen atoms in total. The second-order valence-corrected chi connectivity index (χ2v) is 4.39. The number of furan rings is 1. The summed E-state index contributed by atoms with van der Waals surface area (Å²) in [4.78, 5) is 11.8. The highest BCUT2D eigenvalue weighted by atomic mass is 16.3. The number of carbonyl (C=O) groups is 1. The van der Waals surface area contributed by atoms with Gasteiger partial charge in [0.15, 0.2) is 0 Å². The van der Waals surface area contributed by atoms with Crippen LogP contribution in [0.3, 0.4) is 0 Å². The Morgan fingerprint density at radius 2 is 2.29 bits per heavy atom. The van der Waals surface area contributed by atoms with Crippen molar-refractivity contribution in [3.63, 3.8) is 0 Å². The van der Waals surface area contributed by atoms with E-state index in [9.17, 15) is 4.79 Å². The first-order valence-electron chi connectivity index (χ1n) is 6.20. The van der Waals surface area contributed by atoms with Gasteiger partial charge in [0.1, 0.15) is 12.0 Å². The molecule has 0 aromatic carbocycles. The van der Waals surface area contributed by atoms with Crippen LogP contribution in [0.25, 0.3) is 0 Å². The predicted octanol–water partition coefficient (Wildman–Crippen LogP) is 2.08. The minimum atomic E-state index is -0.0695. The summed E-state index contributed by atoms with van der Waals surface area (Å²) in [6, 6.07) is 1.74. The van der Waals surface area contributed by atoms with Crippen LogP contribution in [0.15, 0.2) is 16.7 Å². The highest BCUT2D eigenvalue weighted by molar-refractivity contribution is 5.93. The van der Waals surface area contributed by atoms with Crippen LogP contribution < -0.4 is 11.1 Å². The van der Waals surface area contributed by atoms with E-state index in [1.54, 1.807) is 6.07 Å². The molecule has 0 spiro atoms. The van der Waals surface area contributed by atoms with Crippen molar-refractivity contribution in [3.8, 4) is 0 Å². The highest BCUT2D eigenvalue weighted by Gasteiger charge is 2.11. The van der Waals surface area contributed by atoms with Crippen molar-refractivity contribution in [2.24, 2.45) is 11.7 Å². The molecule has 0 bridgehead atoms. The third kappa shape index (κ3) is 4.61. The smallest absolute Gasteiger partial charge is 0.254 e. The fourth-order valence-electron chi connectivity index (χ4n) is 1.89. The molecule has 1 aromatic rings. The Kier molecular flexibility index (Phi) is 5.77. The maximum atomic E-state index is 11.8. The van der Waals surface area contributed by atoms with Gasteiger partial charge in [0.25, 0.3) is 5.91 Å². The van der Waals surface area contributed by atoms with Crippen molar-refractivity contribution in [2.75, 3.05) is 13.1 Å². The number of nitrogens with one attached hydrogen (secondary N) is 1. The van der Waals surface area contributed by atoms with Crippen LogP contribution in [-0.4, -0.2) is 19.0 Å². The summed E-state index contributed by atoms with van der Waals surface area (Å²) in [5.41, 5.74) is 6.14. The average molecular weight is 238 g/mol. The Morgan fingerprint density at radius 1 is 1.53 bits per heavy atom. The quantitative estimate of drug-likeness (QED) is 0.764. The molecule has 0 aliphatic heterocycles. The van der Waals surface area contributed by atoms with E-state index >= 15 is 0 Å². The molecule has 1 unspecified atom stereocenters. The van der Waals surface area contributed by atoms with Crippen molar-refractivity contribution in [3.05, 3.63) is 23.7 Å². The summed E-state index contributed by atoms with van der Waals surface area (Å²) in [6.07, 6.45) is 4.66. The second-order valence-electron chi connectivity index (χ2n) is 4.39. The zero-order valence-electron chi connectivity index (χ0n) is 10.7. The minimum absolute atomic E-state index is 0.0695. The van der Waals surface area contributed by atoms with Crippen LogP contribution in [0.1, 0.15) is 42.3 Å². The van der Waals surface area contributed by atoms with Crippen LogP contribution >= 0.6 is 0 Å². The first-order valence-corrected chi connectivity index (χ1v) is 6.20. The molecular weight excluding hydrogens is 216 g/mol. The van der Waals surface area contributed by atoms with Crippen molar-refractivity contribution < 1.29 is 9.21 Å². The number of nitrogens with two attached hydrogens (primary N) is 1. The van der Waals surface area contributed by atoms with Gasteiger partial charge in [-0.3, -0.25) is 4.79 Å². The average Bonchev–Trinajstić information content (AvgIpc) is 2.73. The molecule has 96 valence electrons. The van der Waals surface area contributed by atoms with E-state index in [0.29, 0.717) is 24.6 Å². The van der Waals surface area contributed by atoms with Gasteiger partial charge in [0.2, 0.25) is 0 Å². The summed E-state index contributed by atoms with van der Waals surface area (Å²) in [5, 5.41) is 2.93. The van der Waals surface area contributed by atoms with Gasteiger partial charge in [-0.15, -0.1) is 0 Å². The molecular formula is C13H22N2O2. The molecule has 17 heavy (non-hydrogen) atoms. The zero-order valence-corrected chi connectivity index (χ0v) is 10.7.